The highest BCUT2D eigenvalue weighted by Gasteiger charge is 2.50. The van der Waals surface area contributed by atoms with Gasteiger partial charge in [0.2, 0.25) is 0 Å². The van der Waals surface area contributed by atoms with E-state index in [1.54, 1.807) is 31.2 Å². The Hall–Kier alpha value is -3.08. The molecule has 1 aliphatic heterocycles. The average Bonchev–Trinajstić information content (AvgIpc) is 2.64. The van der Waals surface area contributed by atoms with Gasteiger partial charge in [-0.1, -0.05) is 63.2 Å². The molecule has 0 aliphatic carbocycles. The molecule has 0 spiro atoms. The Bertz CT molecular complexity index is 869. The van der Waals surface area contributed by atoms with Crippen LogP contribution in [0.15, 0.2) is 60.2 Å². The number of hydrogen-bond acceptors (Lipinski definition) is 5. The van der Waals surface area contributed by atoms with Crippen molar-refractivity contribution in [3.05, 3.63) is 71.3 Å². The van der Waals surface area contributed by atoms with Gasteiger partial charge < -0.3 is 14.2 Å². The zero-order valence-electron chi connectivity index (χ0n) is 16.5. The first-order chi connectivity index (χ1) is 13.2. The molecule has 2 aromatic carbocycles. The van der Waals surface area contributed by atoms with Crippen LogP contribution >= 0.6 is 0 Å². The highest BCUT2D eigenvalue weighted by Crippen LogP contribution is 2.38. The summed E-state index contributed by atoms with van der Waals surface area (Å²) in [4.78, 5) is 24.8. The third-order valence-corrected chi connectivity index (χ3v) is 4.82. The number of esters is 2. The van der Waals surface area contributed by atoms with Crippen molar-refractivity contribution >= 4 is 18.0 Å². The number of ether oxygens (including phenoxy) is 3. The zero-order valence-corrected chi connectivity index (χ0v) is 16.5. The molecule has 0 aromatic heterocycles. The molecule has 0 amide bonds. The number of cyclic esters (lactones) is 2. The van der Waals surface area contributed by atoms with Gasteiger partial charge in [-0.05, 0) is 29.3 Å². The van der Waals surface area contributed by atoms with Gasteiger partial charge in [-0.25, -0.2) is 9.59 Å². The van der Waals surface area contributed by atoms with Crippen LogP contribution in [-0.2, 0) is 25.7 Å². The third-order valence-electron chi connectivity index (χ3n) is 4.82. The first-order valence-corrected chi connectivity index (χ1v) is 9.13. The van der Waals surface area contributed by atoms with Gasteiger partial charge in [-0.3, -0.25) is 0 Å². The average molecular weight is 380 g/mol. The second kappa shape index (κ2) is 7.50. The quantitative estimate of drug-likeness (QED) is 0.444. The summed E-state index contributed by atoms with van der Waals surface area (Å²) in [5.74, 6) is -1.97. The van der Waals surface area contributed by atoms with E-state index in [2.05, 4.69) is 0 Å². The highest BCUT2D eigenvalue weighted by molar-refractivity contribution is 6.18. The van der Waals surface area contributed by atoms with Crippen LogP contribution in [0.4, 0.5) is 0 Å². The summed E-state index contributed by atoms with van der Waals surface area (Å²) in [6.45, 7) is 7.59. The summed E-state index contributed by atoms with van der Waals surface area (Å²) in [5.41, 5.74) is 1.08. The van der Waals surface area contributed by atoms with E-state index in [0.717, 1.165) is 5.56 Å². The molecule has 0 N–H and O–H groups in total. The van der Waals surface area contributed by atoms with Crippen molar-refractivity contribution in [1.29, 1.82) is 0 Å². The molecule has 5 heteroatoms. The van der Waals surface area contributed by atoms with Crippen LogP contribution in [0.5, 0.6) is 5.75 Å². The molecule has 1 saturated heterocycles. The molecule has 0 radical (unpaired) electrons. The van der Waals surface area contributed by atoms with E-state index >= 15 is 0 Å². The maximum atomic E-state index is 12.4. The Labute approximate surface area is 164 Å². The molecule has 2 aromatic rings. The lowest BCUT2D eigenvalue weighted by Gasteiger charge is -2.42. The van der Waals surface area contributed by atoms with Crippen LogP contribution in [0, 0.1) is 5.41 Å². The van der Waals surface area contributed by atoms with Crippen LogP contribution in [-0.4, -0.2) is 17.7 Å². The SMILES string of the molecule is CC(C)(C)C1(C)OC(=O)C(=Cc2ccc(OCc3ccccc3)cc2)C(=O)O1. The van der Waals surface area contributed by atoms with Crippen molar-refractivity contribution in [2.24, 2.45) is 5.41 Å². The molecule has 0 saturated carbocycles. The Balaban J connectivity index is 1.70. The lowest BCUT2D eigenvalue weighted by atomic mass is 9.85. The zero-order chi connectivity index (χ0) is 20.4. The number of benzene rings is 2. The Morgan fingerprint density at radius 1 is 0.929 bits per heavy atom. The standard InChI is InChI=1S/C23H24O5/c1-22(2,3)23(4)27-20(24)19(21(25)28-23)14-16-10-12-18(13-11-16)26-15-17-8-6-5-7-9-17/h5-14H,15H2,1-4H3. The molecule has 0 bridgehead atoms. The number of carbonyl (C=O) groups is 2. The smallest absolute Gasteiger partial charge is 0.348 e. The normalized spacial score (nSPS) is 19.6. The molecule has 0 unspecified atom stereocenters. The summed E-state index contributed by atoms with van der Waals surface area (Å²) < 4.78 is 16.6. The van der Waals surface area contributed by atoms with Crippen LogP contribution < -0.4 is 4.74 Å². The predicted molar refractivity (Wildman–Crippen MR) is 105 cm³/mol. The van der Waals surface area contributed by atoms with Crippen molar-refractivity contribution < 1.29 is 23.8 Å². The maximum absolute atomic E-state index is 12.4. The van der Waals surface area contributed by atoms with E-state index < -0.39 is 23.1 Å². The van der Waals surface area contributed by atoms with Gasteiger partial charge in [0.25, 0.3) is 5.79 Å². The molecule has 3 rings (SSSR count). The summed E-state index contributed by atoms with van der Waals surface area (Å²) in [7, 11) is 0. The van der Waals surface area contributed by atoms with Crippen molar-refractivity contribution in [3.8, 4) is 5.75 Å². The minimum Gasteiger partial charge on any atom is -0.489 e. The van der Waals surface area contributed by atoms with E-state index in [1.165, 1.54) is 6.08 Å². The van der Waals surface area contributed by atoms with Crippen LogP contribution in [0.1, 0.15) is 38.8 Å². The predicted octanol–water partition coefficient (Wildman–Crippen LogP) is 4.51. The Kier molecular flexibility index (Phi) is 5.27. The van der Waals surface area contributed by atoms with Crippen molar-refractivity contribution in [1.82, 2.24) is 0 Å². The second-order valence-electron chi connectivity index (χ2n) is 7.88. The topological polar surface area (TPSA) is 61.8 Å². The minimum absolute atomic E-state index is 0.125. The third kappa shape index (κ3) is 4.25. The van der Waals surface area contributed by atoms with Gasteiger partial charge >= 0.3 is 11.9 Å². The molecule has 146 valence electrons. The van der Waals surface area contributed by atoms with Gasteiger partial charge in [0.15, 0.2) is 0 Å². The number of hydrogen-bond donors (Lipinski definition) is 0. The lowest BCUT2D eigenvalue weighted by Crippen LogP contribution is -2.52. The number of carbonyl (C=O) groups excluding carboxylic acids is 2. The molecule has 1 fully saturated rings. The van der Waals surface area contributed by atoms with Crippen LogP contribution in [0.25, 0.3) is 6.08 Å². The summed E-state index contributed by atoms with van der Waals surface area (Å²) in [5, 5.41) is 0. The van der Waals surface area contributed by atoms with E-state index in [9.17, 15) is 9.59 Å². The second-order valence-corrected chi connectivity index (χ2v) is 7.88. The van der Waals surface area contributed by atoms with Crippen molar-refractivity contribution in [2.45, 2.75) is 40.1 Å². The molecule has 1 aliphatic rings. The summed E-state index contributed by atoms with van der Waals surface area (Å²) in [6.07, 6.45) is 1.47. The van der Waals surface area contributed by atoms with Crippen LogP contribution in [0.3, 0.4) is 0 Å². The van der Waals surface area contributed by atoms with Crippen LogP contribution in [0.2, 0.25) is 0 Å². The number of rotatable bonds is 4. The van der Waals surface area contributed by atoms with E-state index in [-0.39, 0.29) is 5.57 Å². The monoisotopic (exact) mass is 380 g/mol. The molecule has 0 atom stereocenters. The van der Waals surface area contributed by atoms with Gasteiger partial charge in [-0.15, -0.1) is 0 Å². The van der Waals surface area contributed by atoms with Crippen molar-refractivity contribution in [2.75, 3.05) is 0 Å². The molecule has 1 heterocycles. The highest BCUT2D eigenvalue weighted by atomic mass is 16.7. The lowest BCUT2D eigenvalue weighted by molar-refractivity contribution is -0.261. The molecule has 5 nitrogen and oxygen atoms in total. The maximum Gasteiger partial charge on any atom is 0.348 e. The minimum atomic E-state index is -1.30. The van der Waals surface area contributed by atoms with Gasteiger partial charge in [-0.2, -0.15) is 0 Å². The fourth-order valence-corrected chi connectivity index (χ4v) is 2.56. The first kappa shape index (κ1) is 19.7. The Morgan fingerprint density at radius 2 is 1.50 bits per heavy atom. The van der Waals surface area contributed by atoms with E-state index in [4.69, 9.17) is 14.2 Å². The largest absolute Gasteiger partial charge is 0.489 e. The molecular weight excluding hydrogens is 356 g/mol. The fraction of sp³-hybridized carbons (Fsp3) is 0.304. The van der Waals surface area contributed by atoms with E-state index in [0.29, 0.717) is 17.9 Å². The summed E-state index contributed by atoms with van der Waals surface area (Å²) in [6, 6.07) is 17.0. The van der Waals surface area contributed by atoms with Gasteiger partial charge in [0, 0.05) is 12.3 Å². The van der Waals surface area contributed by atoms with E-state index in [1.807, 2.05) is 51.1 Å². The Morgan fingerprint density at radius 3 is 2.04 bits per heavy atom. The molecular formula is C23H24O5. The van der Waals surface area contributed by atoms with Gasteiger partial charge in [0.1, 0.15) is 17.9 Å². The fourth-order valence-electron chi connectivity index (χ4n) is 2.56. The van der Waals surface area contributed by atoms with Gasteiger partial charge in [0.05, 0.1) is 0 Å². The van der Waals surface area contributed by atoms with Crippen molar-refractivity contribution in [3.63, 3.8) is 0 Å². The first-order valence-electron chi connectivity index (χ1n) is 9.13. The molecule has 28 heavy (non-hydrogen) atoms. The summed E-state index contributed by atoms with van der Waals surface area (Å²) >= 11 is 0.